The van der Waals surface area contributed by atoms with Crippen molar-refractivity contribution in [2.24, 2.45) is 5.92 Å². The third kappa shape index (κ3) is 2.78. The Balaban J connectivity index is 1.83. The van der Waals surface area contributed by atoms with Gasteiger partial charge in [0.05, 0.1) is 0 Å². The zero-order valence-corrected chi connectivity index (χ0v) is 9.45. The molecular formula is C13H20N2. The third-order valence-corrected chi connectivity index (χ3v) is 3.56. The van der Waals surface area contributed by atoms with E-state index in [1.807, 2.05) is 18.5 Å². The summed E-state index contributed by atoms with van der Waals surface area (Å²) < 4.78 is 0. The van der Waals surface area contributed by atoms with Gasteiger partial charge in [-0.05, 0) is 50.3 Å². The van der Waals surface area contributed by atoms with Crippen LogP contribution in [0.25, 0.3) is 0 Å². The molecule has 1 heterocycles. The van der Waals surface area contributed by atoms with Crippen molar-refractivity contribution < 1.29 is 0 Å². The highest BCUT2D eigenvalue weighted by molar-refractivity contribution is 5.08. The van der Waals surface area contributed by atoms with E-state index in [4.69, 9.17) is 0 Å². The minimum Gasteiger partial charge on any atom is -0.317 e. The van der Waals surface area contributed by atoms with Crippen molar-refractivity contribution in [2.45, 2.75) is 38.1 Å². The molecule has 15 heavy (non-hydrogen) atoms. The number of pyridine rings is 1. The molecule has 2 atom stereocenters. The van der Waals surface area contributed by atoms with Crippen molar-refractivity contribution in [3.63, 3.8) is 0 Å². The molecule has 2 rings (SSSR count). The van der Waals surface area contributed by atoms with Gasteiger partial charge in [0.1, 0.15) is 0 Å². The van der Waals surface area contributed by atoms with Crippen LogP contribution in [0.3, 0.4) is 0 Å². The number of nitrogens with zero attached hydrogens (tertiary/aromatic N) is 1. The highest BCUT2D eigenvalue weighted by Gasteiger charge is 2.25. The van der Waals surface area contributed by atoms with Crippen LogP contribution < -0.4 is 5.32 Å². The van der Waals surface area contributed by atoms with Crippen LogP contribution in [0, 0.1) is 5.92 Å². The molecule has 0 bridgehead atoms. The first-order valence-corrected chi connectivity index (χ1v) is 5.96. The Labute approximate surface area is 92.1 Å². The van der Waals surface area contributed by atoms with Crippen molar-refractivity contribution in [1.29, 1.82) is 0 Å². The molecule has 1 fully saturated rings. The highest BCUT2D eigenvalue weighted by atomic mass is 14.9. The second-order valence-corrected chi connectivity index (χ2v) is 4.49. The van der Waals surface area contributed by atoms with E-state index >= 15 is 0 Å². The Bertz CT molecular complexity index is 284. The van der Waals surface area contributed by atoms with Gasteiger partial charge in [0.15, 0.2) is 0 Å². The summed E-state index contributed by atoms with van der Waals surface area (Å²) in [6, 6.07) is 4.96. The van der Waals surface area contributed by atoms with Gasteiger partial charge in [-0.15, -0.1) is 0 Å². The van der Waals surface area contributed by atoms with Crippen LogP contribution in [0.1, 0.15) is 31.2 Å². The predicted molar refractivity (Wildman–Crippen MR) is 62.7 cm³/mol. The topological polar surface area (TPSA) is 24.9 Å². The Morgan fingerprint density at radius 1 is 1.47 bits per heavy atom. The monoisotopic (exact) mass is 204 g/mol. The summed E-state index contributed by atoms with van der Waals surface area (Å²) in [6.45, 7) is 0. The second kappa shape index (κ2) is 5.26. The number of hydrogen-bond donors (Lipinski definition) is 1. The van der Waals surface area contributed by atoms with Crippen molar-refractivity contribution in [2.75, 3.05) is 7.05 Å². The summed E-state index contributed by atoms with van der Waals surface area (Å²) in [6.07, 6.45) is 10.5. The number of aryl methyl sites for hydroxylation is 1. The third-order valence-electron chi connectivity index (χ3n) is 3.56. The molecule has 1 N–H and O–H groups in total. The van der Waals surface area contributed by atoms with Crippen molar-refractivity contribution >= 4 is 0 Å². The quantitative estimate of drug-likeness (QED) is 0.814. The Morgan fingerprint density at radius 2 is 2.40 bits per heavy atom. The van der Waals surface area contributed by atoms with E-state index in [-0.39, 0.29) is 0 Å². The van der Waals surface area contributed by atoms with Gasteiger partial charge in [-0.3, -0.25) is 4.98 Å². The maximum Gasteiger partial charge on any atom is 0.0299 e. The van der Waals surface area contributed by atoms with E-state index in [2.05, 4.69) is 23.4 Å². The number of rotatable bonds is 4. The lowest BCUT2D eigenvalue weighted by Crippen LogP contribution is -2.29. The minimum absolute atomic E-state index is 0.752. The lowest BCUT2D eigenvalue weighted by atomic mass is 9.95. The van der Waals surface area contributed by atoms with Gasteiger partial charge in [-0.2, -0.15) is 0 Å². The van der Waals surface area contributed by atoms with E-state index in [0.717, 1.165) is 12.0 Å². The molecule has 0 radical (unpaired) electrons. The normalized spacial score (nSPS) is 25.7. The van der Waals surface area contributed by atoms with Gasteiger partial charge in [0, 0.05) is 18.4 Å². The van der Waals surface area contributed by atoms with Crippen LogP contribution in [-0.4, -0.2) is 18.1 Å². The van der Waals surface area contributed by atoms with Crippen LogP contribution >= 0.6 is 0 Å². The SMILES string of the molecule is CNC1CCCC1CCc1cccnc1. The van der Waals surface area contributed by atoms with Crippen LogP contribution in [0.4, 0.5) is 0 Å². The Kier molecular flexibility index (Phi) is 3.73. The van der Waals surface area contributed by atoms with Gasteiger partial charge in [-0.25, -0.2) is 0 Å². The molecule has 0 aliphatic heterocycles. The molecule has 2 unspecified atom stereocenters. The Hall–Kier alpha value is -0.890. The van der Waals surface area contributed by atoms with E-state index in [1.54, 1.807) is 0 Å². The molecule has 0 aromatic carbocycles. The molecular weight excluding hydrogens is 184 g/mol. The lowest BCUT2D eigenvalue weighted by molar-refractivity contribution is 0.400. The zero-order chi connectivity index (χ0) is 10.5. The number of nitrogens with one attached hydrogen (secondary N) is 1. The van der Waals surface area contributed by atoms with Gasteiger partial charge in [0.2, 0.25) is 0 Å². The molecule has 1 aromatic rings. The summed E-state index contributed by atoms with van der Waals surface area (Å²) >= 11 is 0. The second-order valence-electron chi connectivity index (χ2n) is 4.49. The molecule has 1 aromatic heterocycles. The van der Waals surface area contributed by atoms with E-state index in [1.165, 1.54) is 37.7 Å². The molecule has 2 heteroatoms. The maximum absolute atomic E-state index is 4.15. The Morgan fingerprint density at radius 3 is 3.13 bits per heavy atom. The van der Waals surface area contributed by atoms with Crippen molar-refractivity contribution in [3.05, 3.63) is 30.1 Å². The largest absolute Gasteiger partial charge is 0.317 e. The first-order valence-electron chi connectivity index (χ1n) is 5.96. The summed E-state index contributed by atoms with van der Waals surface area (Å²) in [5.74, 6) is 0.871. The summed E-state index contributed by atoms with van der Waals surface area (Å²) in [5.41, 5.74) is 1.37. The average Bonchev–Trinajstić information content (AvgIpc) is 2.75. The molecule has 0 spiro atoms. The summed E-state index contributed by atoms with van der Waals surface area (Å²) in [4.78, 5) is 4.15. The molecule has 1 aliphatic carbocycles. The molecule has 0 amide bonds. The van der Waals surface area contributed by atoms with E-state index < -0.39 is 0 Å². The molecule has 2 nitrogen and oxygen atoms in total. The first-order chi connectivity index (χ1) is 7.40. The zero-order valence-electron chi connectivity index (χ0n) is 9.45. The van der Waals surface area contributed by atoms with E-state index in [9.17, 15) is 0 Å². The van der Waals surface area contributed by atoms with Crippen LogP contribution in [0.5, 0.6) is 0 Å². The average molecular weight is 204 g/mol. The van der Waals surface area contributed by atoms with Crippen molar-refractivity contribution in [3.8, 4) is 0 Å². The van der Waals surface area contributed by atoms with Crippen LogP contribution in [0.15, 0.2) is 24.5 Å². The fourth-order valence-corrected chi connectivity index (χ4v) is 2.66. The number of hydrogen-bond acceptors (Lipinski definition) is 2. The first kappa shape index (κ1) is 10.6. The lowest BCUT2D eigenvalue weighted by Gasteiger charge is -2.18. The smallest absolute Gasteiger partial charge is 0.0299 e. The molecule has 1 saturated carbocycles. The summed E-state index contributed by atoms with van der Waals surface area (Å²) in [5, 5.41) is 3.43. The van der Waals surface area contributed by atoms with Crippen molar-refractivity contribution in [1.82, 2.24) is 10.3 Å². The fourth-order valence-electron chi connectivity index (χ4n) is 2.66. The van der Waals surface area contributed by atoms with Crippen LogP contribution in [-0.2, 0) is 6.42 Å². The molecule has 82 valence electrons. The summed E-state index contributed by atoms with van der Waals surface area (Å²) in [7, 11) is 2.09. The van der Waals surface area contributed by atoms with Gasteiger partial charge in [0.25, 0.3) is 0 Å². The maximum atomic E-state index is 4.15. The predicted octanol–water partition coefficient (Wildman–Crippen LogP) is 2.40. The molecule has 0 saturated heterocycles. The number of aromatic nitrogens is 1. The van der Waals surface area contributed by atoms with Gasteiger partial charge < -0.3 is 5.32 Å². The fraction of sp³-hybridized carbons (Fsp3) is 0.615. The highest BCUT2D eigenvalue weighted by Crippen LogP contribution is 2.29. The molecule has 1 aliphatic rings. The standard InChI is InChI=1S/C13H20N2/c1-14-13-6-2-5-12(13)8-7-11-4-3-9-15-10-11/h3-4,9-10,12-14H,2,5-8H2,1H3. The van der Waals surface area contributed by atoms with Gasteiger partial charge in [-0.1, -0.05) is 12.5 Å². The van der Waals surface area contributed by atoms with Crippen LogP contribution in [0.2, 0.25) is 0 Å². The minimum atomic E-state index is 0.752. The van der Waals surface area contributed by atoms with Gasteiger partial charge >= 0.3 is 0 Å². The van der Waals surface area contributed by atoms with E-state index in [0.29, 0.717) is 0 Å².